The number of likely N-dealkylation sites (tertiary alicyclic amines) is 1. The minimum atomic E-state index is -0.505. The third kappa shape index (κ3) is 6.96. The summed E-state index contributed by atoms with van der Waals surface area (Å²) in [6.07, 6.45) is 5.60. The van der Waals surface area contributed by atoms with Gasteiger partial charge in [-0.2, -0.15) is 0 Å². The van der Waals surface area contributed by atoms with Gasteiger partial charge in [-0.15, -0.1) is 0 Å². The number of urea groups is 1. The van der Waals surface area contributed by atoms with E-state index in [1.54, 1.807) is 21.7 Å². The van der Waals surface area contributed by atoms with Crippen LogP contribution in [0.5, 0.6) is 0 Å². The van der Waals surface area contributed by atoms with Crippen LogP contribution in [0.4, 0.5) is 15.4 Å². The van der Waals surface area contributed by atoms with Gasteiger partial charge in [-0.3, -0.25) is 9.30 Å². The monoisotopic (exact) mass is 483 g/mol. The van der Waals surface area contributed by atoms with Crippen LogP contribution in [-0.2, 0) is 14.3 Å². The van der Waals surface area contributed by atoms with Crippen molar-refractivity contribution >= 4 is 29.9 Å². The summed E-state index contributed by atoms with van der Waals surface area (Å²) in [5.74, 6) is 6.70. The maximum absolute atomic E-state index is 12.3. The first-order chi connectivity index (χ1) is 16.7. The van der Waals surface area contributed by atoms with Crippen LogP contribution in [0.25, 0.3) is 5.65 Å². The molecule has 0 unspecified atom stereocenters. The number of hydrogen-bond donors (Lipinski definition) is 1. The molecule has 1 saturated heterocycles. The number of carbonyl (C=O) groups excluding carboxylic acids is 3. The normalized spacial score (nSPS) is 14.2. The van der Waals surface area contributed by atoms with Crippen LogP contribution in [0.2, 0.25) is 0 Å². The Morgan fingerprint density at radius 2 is 2.06 bits per heavy atom. The van der Waals surface area contributed by atoms with E-state index < -0.39 is 5.60 Å². The van der Waals surface area contributed by atoms with Gasteiger partial charge >= 0.3 is 12.1 Å². The summed E-state index contributed by atoms with van der Waals surface area (Å²) in [5, 5.41) is 2.59. The molecule has 3 heterocycles. The lowest BCUT2D eigenvalue weighted by molar-refractivity contribution is -0.107. The van der Waals surface area contributed by atoms with E-state index >= 15 is 0 Å². The van der Waals surface area contributed by atoms with Crippen molar-refractivity contribution in [3.8, 4) is 11.8 Å². The average molecular weight is 484 g/mol. The third-order valence-corrected chi connectivity index (χ3v) is 5.43. The Labute approximate surface area is 205 Å². The number of ether oxygens (including phenoxy) is 2. The largest absolute Gasteiger partial charge is 0.444 e. The maximum atomic E-state index is 12.3. The highest BCUT2D eigenvalue weighted by molar-refractivity contribution is 5.91. The molecule has 0 saturated carbocycles. The van der Waals surface area contributed by atoms with Crippen LogP contribution >= 0.6 is 0 Å². The van der Waals surface area contributed by atoms with Crippen LogP contribution in [0.1, 0.15) is 45.6 Å². The Hall–Kier alpha value is -3.58. The number of piperidine rings is 1. The van der Waals surface area contributed by atoms with Gasteiger partial charge in [-0.1, -0.05) is 11.8 Å². The lowest BCUT2D eigenvalue weighted by Gasteiger charge is -2.33. The summed E-state index contributed by atoms with van der Waals surface area (Å²) in [6.45, 7) is 7.26. The highest BCUT2D eigenvalue weighted by Gasteiger charge is 2.27. The molecule has 3 amide bonds. The highest BCUT2D eigenvalue weighted by atomic mass is 16.6. The topological polar surface area (TPSA) is 105 Å². The summed E-state index contributed by atoms with van der Waals surface area (Å²) in [4.78, 5) is 43.0. The van der Waals surface area contributed by atoms with Gasteiger partial charge in [-0.25, -0.2) is 14.6 Å². The number of anilines is 1. The Morgan fingerprint density at radius 3 is 2.71 bits per heavy atom. The second-order valence-electron chi connectivity index (χ2n) is 9.17. The molecule has 35 heavy (non-hydrogen) atoms. The first-order valence-corrected chi connectivity index (χ1v) is 11.7. The van der Waals surface area contributed by atoms with Crippen LogP contribution in [-0.4, -0.2) is 77.7 Å². The van der Waals surface area contributed by atoms with Crippen molar-refractivity contribution in [2.24, 2.45) is 0 Å². The predicted molar refractivity (Wildman–Crippen MR) is 131 cm³/mol. The molecular weight excluding hydrogens is 450 g/mol. The fourth-order valence-electron chi connectivity index (χ4n) is 3.75. The van der Waals surface area contributed by atoms with E-state index in [4.69, 9.17) is 9.47 Å². The quantitative estimate of drug-likeness (QED) is 0.500. The summed E-state index contributed by atoms with van der Waals surface area (Å²) < 4.78 is 13.1. The average Bonchev–Trinajstić information content (AvgIpc) is 3.26. The molecule has 1 aliphatic heterocycles. The molecule has 3 rings (SSSR count). The molecule has 0 bridgehead atoms. The summed E-state index contributed by atoms with van der Waals surface area (Å²) in [5.41, 5.74) is 0.810. The van der Waals surface area contributed by atoms with Crippen LogP contribution in [0.3, 0.4) is 0 Å². The van der Waals surface area contributed by atoms with Crippen molar-refractivity contribution < 1.29 is 23.9 Å². The molecule has 0 atom stereocenters. The number of carbonyl (C=O) groups is 3. The van der Waals surface area contributed by atoms with Gasteiger partial charge in [0.05, 0.1) is 17.9 Å². The summed E-state index contributed by atoms with van der Waals surface area (Å²) in [6, 6.07) is 3.36. The number of fused-ring (bicyclic) bond motifs is 1. The van der Waals surface area contributed by atoms with Gasteiger partial charge in [-0.05, 0) is 45.7 Å². The number of aldehydes is 1. The predicted octanol–water partition coefficient (Wildman–Crippen LogP) is 2.84. The minimum Gasteiger partial charge on any atom is -0.444 e. The van der Waals surface area contributed by atoms with E-state index in [9.17, 15) is 14.4 Å². The molecule has 0 spiro atoms. The number of amides is 3. The van der Waals surface area contributed by atoms with Crippen molar-refractivity contribution in [2.75, 3.05) is 38.2 Å². The van der Waals surface area contributed by atoms with Gasteiger partial charge in [0.1, 0.15) is 24.3 Å². The number of nitrogens with one attached hydrogen (secondary N) is 1. The van der Waals surface area contributed by atoms with Crippen LogP contribution in [0.15, 0.2) is 24.5 Å². The number of hydrogen-bond acceptors (Lipinski definition) is 6. The van der Waals surface area contributed by atoms with E-state index in [0.29, 0.717) is 30.1 Å². The van der Waals surface area contributed by atoms with Crippen molar-refractivity contribution in [1.29, 1.82) is 0 Å². The molecule has 1 aliphatic rings. The van der Waals surface area contributed by atoms with Gasteiger partial charge < -0.3 is 24.5 Å². The lowest BCUT2D eigenvalue weighted by atomic mass is 10.1. The first-order valence-electron chi connectivity index (χ1n) is 11.7. The zero-order chi connectivity index (χ0) is 25.4. The zero-order valence-corrected chi connectivity index (χ0v) is 20.7. The maximum Gasteiger partial charge on any atom is 0.410 e. The molecule has 0 aliphatic carbocycles. The Kier molecular flexibility index (Phi) is 8.71. The van der Waals surface area contributed by atoms with Crippen molar-refractivity contribution in [2.45, 2.75) is 51.7 Å². The number of pyridine rings is 1. The number of rotatable bonds is 6. The number of imidazole rings is 1. The van der Waals surface area contributed by atoms with Crippen molar-refractivity contribution in [3.63, 3.8) is 0 Å². The van der Waals surface area contributed by atoms with E-state index in [1.807, 2.05) is 32.9 Å². The van der Waals surface area contributed by atoms with E-state index in [2.05, 4.69) is 22.1 Å². The van der Waals surface area contributed by atoms with Crippen LogP contribution in [0, 0.1) is 11.8 Å². The highest BCUT2D eigenvalue weighted by Crippen LogP contribution is 2.20. The molecule has 10 heteroatoms. The summed E-state index contributed by atoms with van der Waals surface area (Å²) in [7, 11) is 1.54. The Morgan fingerprint density at radius 1 is 1.31 bits per heavy atom. The lowest BCUT2D eigenvalue weighted by Crippen LogP contribution is -2.43. The van der Waals surface area contributed by atoms with Gasteiger partial charge in [0, 0.05) is 39.3 Å². The summed E-state index contributed by atoms with van der Waals surface area (Å²) >= 11 is 0. The van der Waals surface area contributed by atoms with Crippen LogP contribution < -0.4 is 10.2 Å². The smallest absolute Gasteiger partial charge is 0.410 e. The van der Waals surface area contributed by atoms with Gasteiger partial charge in [0.25, 0.3) is 0 Å². The number of nitrogens with zero attached hydrogens (tertiary/aromatic N) is 4. The van der Waals surface area contributed by atoms with E-state index in [-0.39, 0.29) is 37.8 Å². The molecular formula is C25H33N5O5. The second kappa shape index (κ2) is 11.7. The Bertz CT molecular complexity index is 1100. The molecule has 2 aromatic heterocycles. The Balaban J connectivity index is 1.59. The molecule has 0 radical (unpaired) electrons. The molecule has 1 fully saturated rings. The number of aromatic nitrogens is 2. The zero-order valence-electron chi connectivity index (χ0n) is 20.7. The molecule has 0 aromatic carbocycles. The molecule has 188 valence electrons. The molecule has 2 aromatic rings. The fourth-order valence-corrected chi connectivity index (χ4v) is 3.75. The first kappa shape index (κ1) is 26.0. The third-order valence-electron chi connectivity index (χ3n) is 5.43. The van der Waals surface area contributed by atoms with Crippen molar-refractivity contribution in [1.82, 2.24) is 19.6 Å². The van der Waals surface area contributed by atoms with E-state index in [0.717, 1.165) is 19.1 Å². The molecule has 10 nitrogen and oxygen atoms in total. The standard InChI is InChI=1S/C25H33N5O5/c1-25(2,3)35-24(33)28-14-10-20(11-15-28)34-17-6-9-19-8-5-12-29-21(18-27-22(19)29)30(13-7-16-31)23(32)26-4/h5,8,12,16,18,20H,7,10-11,13-15,17H2,1-4H3,(H,26,32). The SMILES string of the molecule is CNC(=O)N(CCC=O)c1cnc2c(C#CCOC3CCN(C(=O)OC(C)(C)C)CC3)cccn12. The minimum absolute atomic E-state index is 0.0377. The fraction of sp³-hybridized carbons (Fsp3) is 0.520. The van der Waals surface area contributed by atoms with E-state index in [1.165, 1.54) is 11.9 Å². The van der Waals surface area contributed by atoms with Gasteiger partial charge in [0.2, 0.25) is 0 Å². The van der Waals surface area contributed by atoms with Gasteiger partial charge in [0.15, 0.2) is 5.65 Å². The van der Waals surface area contributed by atoms with Crippen molar-refractivity contribution in [3.05, 3.63) is 30.1 Å². The molecule has 1 N–H and O–H groups in total. The second-order valence-corrected chi connectivity index (χ2v) is 9.17.